The lowest BCUT2D eigenvalue weighted by molar-refractivity contribution is -0.0329. The molecular weight excluding hydrogens is 384 g/mol. The van der Waals surface area contributed by atoms with Crippen molar-refractivity contribution in [2.45, 2.75) is 10.4 Å². The van der Waals surface area contributed by atoms with Crippen molar-refractivity contribution >= 4 is 54.7 Å². The third-order valence-corrected chi connectivity index (χ3v) is 4.64. The zero-order valence-corrected chi connectivity index (χ0v) is 13.3. The molecule has 0 aromatic heterocycles. The van der Waals surface area contributed by atoms with Crippen molar-refractivity contribution in [2.75, 3.05) is 12.4 Å². The standard InChI is InChI=1S/C9H6Cl3F3O3S2/c10-5-4-8(20(12,16)17)6(11)3-7(5)18-1-2-19-9(13,14)15/h3-4H,1-2H2. The lowest BCUT2D eigenvalue weighted by atomic mass is 10.3. The fourth-order valence-electron chi connectivity index (χ4n) is 1.12. The molecule has 0 N–H and O–H groups in total. The Morgan fingerprint density at radius 3 is 2.30 bits per heavy atom. The van der Waals surface area contributed by atoms with Crippen LogP contribution in [0.15, 0.2) is 17.0 Å². The molecule has 0 aliphatic rings. The second-order valence-electron chi connectivity index (χ2n) is 3.29. The molecule has 0 spiro atoms. The summed E-state index contributed by atoms with van der Waals surface area (Å²) < 4.78 is 63.0. The van der Waals surface area contributed by atoms with Gasteiger partial charge in [-0.2, -0.15) is 13.2 Å². The van der Waals surface area contributed by atoms with Crippen LogP contribution in [0, 0.1) is 0 Å². The van der Waals surface area contributed by atoms with Gasteiger partial charge in [0, 0.05) is 22.5 Å². The summed E-state index contributed by atoms with van der Waals surface area (Å²) in [6.45, 7) is -0.271. The Bertz CT molecular complexity index is 590. The number of halogens is 6. The maximum atomic E-state index is 11.9. The molecule has 0 saturated heterocycles. The molecule has 11 heteroatoms. The van der Waals surface area contributed by atoms with Crippen LogP contribution in [0.3, 0.4) is 0 Å². The van der Waals surface area contributed by atoms with Crippen molar-refractivity contribution in [1.82, 2.24) is 0 Å². The van der Waals surface area contributed by atoms with Gasteiger partial charge in [0.25, 0.3) is 9.05 Å². The number of alkyl halides is 3. The Kier molecular flexibility index (Phi) is 6.15. The van der Waals surface area contributed by atoms with Crippen LogP contribution in [0.1, 0.15) is 0 Å². The Hall–Kier alpha value is -0.0200. The molecule has 3 nitrogen and oxygen atoms in total. The van der Waals surface area contributed by atoms with Crippen LogP contribution in [0.2, 0.25) is 10.0 Å². The number of hydrogen-bond acceptors (Lipinski definition) is 4. The highest BCUT2D eigenvalue weighted by molar-refractivity contribution is 8.13. The molecule has 0 radical (unpaired) electrons. The second kappa shape index (κ2) is 6.83. The lowest BCUT2D eigenvalue weighted by Crippen LogP contribution is -2.07. The lowest BCUT2D eigenvalue weighted by Gasteiger charge is -2.10. The molecule has 0 atom stereocenters. The monoisotopic (exact) mass is 388 g/mol. The Morgan fingerprint density at radius 1 is 1.20 bits per heavy atom. The van der Waals surface area contributed by atoms with Crippen molar-refractivity contribution in [3.8, 4) is 5.75 Å². The van der Waals surface area contributed by atoms with E-state index in [-0.39, 0.29) is 39.9 Å². The average molecular weight is 390 g/mol. The summed E-state index contributed by atoms with van der Waals surface area (Å²) in [5.74, 6) is -0.365. The molecule has 1 rings (SSSR count). The summed E-state index contributed by atoms with van der Waals surface area (Å²) in [6.07, 6.45) is 0. The summed E-state index contributed by atoms with van der Waals surface area (Å²) in [4.78, 5) is -0.400. The predicted octanol–water partition coefficient (Wildman–Crippen LogP) is 4.55. The fourth-order valence-corrected chi connectivity index (χ4v) is 3.31. The minimum atomic E-state index is -4.35. The van der Waals surface area contributed by atoms with Crippen LogP contribution < -0.4 is 4.74 Å². The second-order valence-corrected chi connectivity index (χ2v) is 7.80. The average Bonchev–Trinajstić information content (AvgIpc) is 2.25. The highest BCUT2D eigenvalue weighted by Gasteiger charge is 2.27. The van der Waals surface area contributed by atoms with E-state index in [4.69, 9.17) is 38.6 Å². The van der Waals surface area contributed by atoms with Gasteiger partial charge >= 0.3 is 5.51 Å². The first-order valence-corrected chi connectivity index (χ1v) is 8.83. The first kappa shape index (κ1) is 18.0. The van der Waals surface area contributed by atoms with Crippen molar-refractivity contribution in [1.29, 1.82) is 0 Å². The van der Waals surface area contributed by atoms with E-state index in [0.717, 1.165) is 12.1 Å². The van der Waals surface area contributed by atoms with E-state index in [1.165, 1.54) is 0 Å². The largest absolute Gasteiger partial charge is 0.491 e. The maximum Gasteiger partial charge on any atom is 0.441 e. The van der Waals surface area contributed by atoms with Gasteiger partial charge in [-0.3, -0.25) is 0 Å². The molecule has 0 amide bonds. The highest BCUT2D eigenvalue weighted by Crippen LogP contribution is 2.35. The van der Waals surface area contributed by atoms with E-state index in [0.29, 0.717) is 0 Å². The first-order chi connectivity index (χ1) is 9.00. The van der Waals surface area contributed by atoms with Crippen molar-refractivity contribution in [3.05, 3.63) is 22.2 Å². The van der Waals surface area contributed by atoms with Gasteiger partial charge in [-0.25, -0.2) is 8.42 Å². The van der Waals surface area contributed by atoms with Gasteiger partial charge in [0.15, 0.2) is 0 Å². The van der Waals surface area contributed by atoms with Gasteiger partial charge in [-0.15, -0.1) is 0 Å². The van der Waals surface area contributed by atoms with Crippen molar-refractivity contribution in [2.24, 2.45) is 0 Å². The molecular formula is C9H6Cl3F3O3S2. The number of ether oxygens (including phenoxy) is 1. The molecule has 1 aromatic carbocycles. The topological polar surface area (TPSA) is 43.4 Å². The van der Waals surface area contributed by atoms with Crippen LogP contribution >= 0.6 is 45.6 Å². The van der Waals surface area contributed by atoms with E-state index in [9.17, 15) is 21.6 Å². The van der Waals surface area contributed by atoms with Gasteiger partial charge in [-0.1, -0.05) is 23.2 Å². The van der Waals surface area contributed by atoms with E-state index in [1.54, 1.807) is 0 Å². The smallest absolute Gasteiger partial charge is 0.441 e. The molecule has 0 aliphatic heterocycles. The van der Waals surface area contributed by atoms with Crippen LogP contribution in [0.5, 0.6) is 5.75 Å². The van der Waals surface area contributed by atoms with E-state index >= 15 is 0 Å². The number of thioether (sulfide) groups is 1. The molecule has 0 heterocycles. The van der Waals surface area contributed by atoms with Gasteiger partial charge in [0.2, 0.25) is 0 Å². The zero-order chi connectivity index (χ0) is 15.6. The minimum Gasteiger partial charge on any atom is -0.491 e. The normalized spacial score (nSPS) is 12.5. The molecule has 0 aliphatic carbocycles. The highest BCUT2D eigenvalue weighted by atomic mass is 35.7. The molecule has 0 unspecified atom stereocenters. The summed E-state index contributed by atoms with van der Waals surface area (Å²) in [5.41, 5.74) is -4.35. The van der Waals surface area contributed by atoms with Crippen LogP contribution in [0.25, 0.3) is 0 Å². The third-order valence-electron chi connectivity index (χ3n) is 1.86. The predicted molar refractivity (Wildman–Crippen MR) is 73.5 cm³/mol. The summed E-state index contributed by atoms with van der Waals surface area (Å²) in [6, 6.07) is 2.05. The molecule has 1 aromatic rings. The molecule has 0 bridgehead atoms. The van der Waals surface area contributed by atoms with Gasteiger partial charge in [-0.05, 0) is 17.8 Å². The van der Waals surface area contributed by atoms with Crippen LogP contribution in [-0.2, 0) is 9.05 Å². The van der Waals surface area contributed by atoms with Gasteiger partial charge in [0.1, 0.15) is 10.6 Å². The number of benzene rings is 1. The minimum absolute atomic E-state index is 0.0245. The Morgan fingerprint density at radius 2 is 1.80 bits per heavy atom. The third kappa shape index (κ3) is 5.77. The van der Waals surface area contributed by atoms with Gasteiger partial charge in [0.05, 0.1) is 16.7 Å². The van der Waals surface area contributed by atoms with Gasteiger partial charge < -0.3 is 4.74 Å². The summed E-state index contributed by atoms with van der Waals surface area (Å²) in [7, 11) is 1.06. The summed E-state index contributed by atoms with van der Waals surface area (Å²) in [5, 5.41) is -0.353. The fraction of sp³-hybridized carbons (Fsp3) is 0.333. The Balaban J connectivity index is 2.76. The van der Waals surface area contributed by atoms with Crippen LogP contribution in [-0.4, -0.2) is 26.3 Å². The molecule has 20 heavy (non-hydrogen) atoms. The van der Waals surface area contributed by atoms with E-state index in [2.05, 4.69) is 0 Å². The maximum absolute atomic E-state index is 11.9. The van der Waals surface area contributed by atoms with Crippen LogP contribution in [0.4, 0.5) is 13.2 Å². The quantitative estimate of drug-likeness (QED) is 0.547. The molecule has 114 valence electrons. The Labute approximate surface area is 131 Å². The molecule has 0 saturated carbocycles. The molecule has 0 fully saturated rings. The number of rotatable bonds is 5. The first-order valence-electron chi connectivity index (χ1n) is 4.78. The zero-order valence-electron chi connectivity index (χ0n) is 9.38. The summed E-state index contributed by atoms with van der Waals surface area (Å²) >= 11 is 11.2. The van der Waals surface area contributed by atoms with Crippen molar-refractivity contribution < 1.29 is 26.3 Å². The van der Waals surface area contributed by atoms with E-state index < -0.39 is 19.5 Å². The van der Waals surface area contributed by atoms with E-state index in [1.807, 2.05) is 0 Å². The number of hydrogen-bond donors (Lipinski definition) is 0. The van der Waals surface area contributed by atoms with Crippen molar-refractivity contribution in [3.63, 3.8) is 0 Å². The SMILES string of the molecule is O=S(=O)(Cl)c1cc(Cl)c(OCCSC(F)(F)F)cc1Cl.